The molecule has 0 saturated heterocycles. The van der Waals surface area contributed by atoms with E-state index in [9.17, 15) is 9.59 Å². The third kappa shape index (κ3) is 4.26. The molecule has 1 N–H and O–H groups in total. The summed E-state index contributed by atoms with van der Waals surface area (Å²) < 4.78 is 4.64. The Hall–Kier alpha value is -1.84. The molecule has 0 aliphatic heterocycles. The van der Waals surface area contributed by atoms with Crippen LogP contribution in [0.2, 0.25) is 0 Å². The number of para-hydroxylation sites is 1. The molecule has 0 fully saturated rings. The van der Waals surface area contributed by atoms with Gasteiger partial charge in [-0.2, -0.15) is 0 Å². The van der Waals surface area contributed by atoms with Crippen molar-refractivity contribution in [1.82, 2.24) is 0 Å². The zero-order chi connectivity index (χ0) is 11.1. The molecule has 79 valence electrons. The van der Waals surface area contributed by atoms with Crippen molar-refractivity contribution in [3.63, 3.8) is 0 Å². The lowest BCUT2D eigenvalue weighted by Crippen LogP contribution is -2.18. The van der Waals surface area contributed by atoms with Gasteiger partial charge in [-0.1, -0.05) is 18.2 Å². The molecule has 1 aromatic carbocycles. The molecule has 0 saturated carbocycles. The van der Waals surface area contributed by atoms with Gasteiger partial charge in [0.05, 0.1) is 6.61 Å². The van der Waals surface area contributed by atoms with Gasteiger partial charge in [-0.15, -0.1) is 0 Å². The first kappa shape index (κ1) is 11.2. The first-order valence-electron chi connectivity index (χ1n) is 4.64. The first-order valence-corrected chi connectivity index (χ1v) is 4.64. The maximum absolute atomic E-state index is 11.3. The smallest absolute Gasteiger partial charge is 0.315 e. The lowest BCUT2D eigenvalue weighted by atomic mass is 10.3. The molecule has 0 aliphatic rings. The zero-order valence-corrected chi connectivity index (χ0v) is 8.45. The quantitative estimate of drug-likeness (QED) is 0.598. The molecule has 0 heterocycles. The third-order valence-electron chi connectivity index (χ3n) is 1.59. The van der Waals surface area contributed by atoms with Crippen LogP contribution in [0.1, 0.15) is 13.3 Å². The van der Waals surface area contributed by atoms with E-state index in [2.05, 4.69) is 16.1 Å². The van der Waals surface area contributed by atoms with Crippen molar-refractivity contribution < 1.29 is 14.3 Å². The Morgan fingerprint density at radius 2 is 2.27 bits per heavy atom. The van der Waals surface area contributed by atoms with E-state index in [0.717, 1.165) is 0 Å². The molecule has 0 atom stereocenters. The van der Waals surface area contributed by atoms with Crippen LogP contribution in [0.5, 0.6) is 0 Å². The predicted octanol–water partition coefficient (Wildman–Crippen LogP) is 1.38. The molecule has 0 unspecified atom stereocenters. The summed E-state index contributed by atoms with van der Waals surface area (Å²) in [6, 6.07) is 9.77. The minimum Gasteiger partial charge on any atom is -0.466 e. The van der Waals surface area contributed by atoms with Gasteiger partial charge in [0, 0.05) is 11.8 Å². The number of amides is 1. The van der Waals surface area contributed by atoms with E-state index in [1.54, 1.807) is 31.2 Å². The van der Waals surface area contributed by atoms with Crippen LogP contribution in [-0.4, -0.2) is 18.5 Å². The molecule has 15 heavy (non-hydrogen) atoms. The van der Waals surface area contributed by atoms with Crippen LogP contribution >= 0.6 is 0 Å². The number of nitrogens with one attached hydrogen (secondary N) is 1. The Morgan fingerprint density at radius 3 is 2.87 bits per heavy atom. The predicted molar refractivity (Wildman–Crippen MR) is 55.2 cm³/mol. The highest BCUT2D eigenvalue weighted by Gasteiger charge is 2.09. The largest absolute Gasteiger partial charge is 0.466 e. The molecular formula is C11H12NO3. The molecule has 0 aromatic heterocycles. The lowest BCUT2D eigenvalue weighted by Gasteiger charge is -2.03. The van der Waals surface area contributed by atoms with Crippen molar-refractivity contribution in [2.75, 3.05) is 11.9 Å². The van der Waals surface area contributed by atoms with Crippen LogP contribution in [0.4, 0.5) is 5.69 Å². The molecule has 1 aromatic rings. The van der Waals surface area contributed by atoms with Crippen molar-refractivity contribution in [2.45, 2.75) is 13.3 Å². The van der Waals surface area contributed by atoms with E-state index in [0.29, 0.717) is 5.69 Å². The summed E-state index contributed by atoms with van der Waals surface area (Å²) in [7, 11) is 0. The van der Waals surface area contributed by atoms with E-state index >= 15 is 0 Å². The van der Waals surface area contributed by atoms with Gasteiger partial charge in [0.2, 0.25) is 5.91 Å². The number of hydrogen-bond acceptors (Lipinski definition) is 3. The first-order chi connectivity index (χ1) is 7.22. The molecule has 1 radical (unpaired) electrons. The summed E-state index contributed by atoms with van der Waals surface area (Å²) in [5.41, 5.74) is 0.548. The number of esters is 1. The van der Waals surface area contributed by atoms with Gasteiger partial charge in [-0.05, 0) is 13.0 Å². The average Bonchev–Trinajstić information content (AvgIpc) is 2.19. The van der Waals surface area contributed by atoms with Crippen molar-refractivity contribution in [1.29, 1.82) is 0 Å². The van der Waals surface area contributed by atoms with Gasteiger partial charge >= 0.3 is 5.97 Å². The Labute approximate surface area is 88.2 Å². The second-order valence-electron chi connectivity index (χ2n) is 2.81. The fourth-order valence-corrected chi connectivity index (χ4v) is 1.01. The van der Waals surface area contributed by atoms with Crippen LogP contribution in [0.3, 0.4) is 0 Å². The molecule has 0 aliphatic carbocycles. The second kappa shape index (κ2) is 5.80. The monoisotopic (exact) mass is 206 g/mol. The summed E-state index contributed by atoms with van der Waals surface area (Å²) >= 11 is 0. The number of rotatable bonds is 4. The van der Waals surface area contributed by atoms with E-state index < -0.39 is 11.9 Å². The van der Waals surface area contributed by atoms with Gasteiger partial charge in [0.1, 0.15) is 6.42 Å². The average molecular weight is 206 g/mol. The second-order valence-corrected chi connectivity index (χ2v) is 2.81. The highest BCUT2D eigenvalue weighted by molar-refractivity contribution is 6.01. The minimum atomic E-state index is -0.522. The third-order valence-corrected chi connectivity index (χ3v) is 1.59. The Bertz CT molecular complexity index is 335. The summed E-state index contributed by atoms with van der Waals surface area (Å²) in [6.45, 7) is 1.98. The molecule has 1 amide bonds. The lowest BCUT2D eigenvalue weighted by molar-refractivity contribution is -0.145. The van der Waals surface area contributed by atoms with Gasteiger partial charge in [0.25, 0.3) is 0 Å². The Balaban J connectivity index is 2.40. The van der Waals surface area contributed by atoms with Crippen molar-refractivity contribution >= 4 is 17.6 Å². The molecule has 4 heteroatoms. The number of hydrogen-bond donors (Lipinski definition) is 1. The standard InChI is InChI=1S/C11H12NO3/c1-2-15-11(14)8-10(13)12-9-6-4-3-5-7-9/h3-6H,2,8H2,1H3,(H,12,13). The van der Waals surface area contributed by atoms with E-state index in [1.165, 1.54) is 0 Å². The normalized spacial score (nSPS) is 9.40. The number of benzene rings is 1. The molecule has 4 nitrogen and oxygen atoms in total. The Morgan fingerprint density at radius 1 is 1.47 bits per heavy atom. The summed E-state index contributed by atoms with van der Waals surface area (Å²) in [5, 5.41) is 2.54. The van der Waals surface area contributed by atoms with Crippen LogP contribution in [0.15, 0.2) is 24.3 Å². The molecular weight excluding hydrogens is 194 g/mol. The van der Waals surface area contributed by atoms with E-state index in [-0.39, 0.29) is 13.0 Å². The molecule has 0 bridgehead atoms. The number of carbonyl (C=O) groups is 2. The highest BCUT2D eigenvalue weighted by atomic mass is 16.5. The van der Waals surface area contributed by atoms with Gasteiger partial charge < -0.3 is 10.1 Å². The molecule has 0 spiro atoms. The summed E-state index contributed by atoms with van der Waals surface area (Å²) in [4.78, 5) is 22.2. The van der Waals surface area contributed by atoms with Gasteiger partial charge in [-0.3, -0.25) is 9.59 Å². The van der Waals surface area contributed by atoms with E-state index in [4.69, 9.17) is 0 Å². The van der Waals surface area contributed by atoms with Crippen molar-refractivity contribution in [2.24, 2.45) is 0 Å². The van der Waals surface area contributed by atoms with Crippen LogP contribution in [0, 0.1) is 6.07 Å². The fraction of sp³-hybridized carbons (Fsp3) is 0.273. The molecule has 1 rings (SSSR count). The van der Waals surface area contributed by atoms with Crippen molar-refractivity contribution in [3.05, 3.63) is 30.3 Å². The topological polar surface area (TPSA) is 55.4 Å². The van der Waals surface area contributed by atoms with Gasteiger partial charge in [0.15, 0.2) is 0 Å². The fourth-order valence-electron chi connectivity index (χ4n) is 1.01. The van der Waals surface area contributed by atoms with Crippen molar-refractivity contribution in [3.8, 4) is 0 Å². The maximum Gasteiger partial charge on any atom is 0.315 e. The van der Waals surface area contributed by atoms with Crippen LogP contribution in [0.25, 0.3) is 0 Å². The van der Waals surface area contributed by atoms with E-state index in [1.807, 2.05) is 0 Å². The highest BCUT2D eigenvalue weighted by Crippen LogP contribution is 2.04. The van der Waals surface area contributed by atoms with Crippen LogP contribution in [-0.2, 0) is 14.3 Å². The Kier molecular flexibility index (Phi) is 4.34. The van der Waals surface area contributed by atoms with Gasteiger partial charge in [-0.25, -0.2) is 0 Å². The summed E-state index contributed by atoms with van der Waals surface area (Å²) in [5.74, 6) is -0.915. The SMILES string of the molecule is CCOC(=O)CC(=O)Nc1[c]cccc1. The maximum atomic E-state index is 11.3. The summed E-state index contributed by atoms with van der Waals surface area (Å²) in [6.07, 6.45) is -0.267. The minimum absolute atomic E-state index is 0.267. The zero-order valence-electron chi connectivity index (χ0n) is 8.45. The number of anilines is 1. The van der Waals surface area contributed by atoms with Crippen LogP contribution < -0.4 is 5.32 Å². The number of ether oxygens (including phenoxy) is 1. The number of carbonyl (C=O) groups excluding carboxylic acids is 2.